The Morgan fingerprint density at radius 2 is 2.06 bits per heavy atom. The summed E-state index contributed by atoms with van der Waals surface area (Å²) in [4.78, 5) is 19.3. The Labute approximate surface area is 197 Å². The molecule has 1 amide bonds. The standard InChI is InChI=1S/C26H34FN3O3.H2/c1-5-18(4)29-20-7-8-22(28-16-20)25(31)30-12-10-26(11-13-30)15-24(32-17(2)3)21-14-19(27)6-9-23(21)33-26;/h6-9,14,16-18,24,29H,5,10-13,15H2,1-4H3;1H/t18-,24+;/m0./s1. The highest BCUT2D eigenvalue weighted by atomic mass is 19.1. The zero-order valence-corrected chi connectivity index (χ0v) is 19.9. The lowest BCUT2D eigenvalue weighted by molar-refractivity contribution is -0.0874. The van der Waals surface area contributed by atoms with Gasteiger partial charge in [0.25, 0.3) is 5.91 Å². The van der Waals surface area contributed by atoms with Gasteiger partial charge in [-0.05, 0) is 57.5 Å². The molecule has 2 aliphatic heterocycles. The SMILES string of the molecule is CC[C@H](C)Nc1ccc(C(=O)N2CCC3(CC2)C[C@@H](OC(C)C)c2cc(F)ccc2O3)nc1.[HH]. The number of aromatic nitrogens is 1. The van der Waals surface area contributed by atoms with Crippen molar-refractivity contribution in [2.75, 3.05) is 18.4 Å². The average Bonchev–Trinajstić information content (AvgIpc) is 2.80. The van der Waals surface area contributed by atoms with Crippen LogP contribution in [0.25, 0.3) is 0 Å². The van der Waals surface area contributed by atoms with Gasteiger partial charge in [-0.25, -0.2) is 9.37 Å². The van der Waals surface area contributed by atoms with Crippen LogP contribution in [0.4, 0.5) is 10.1 Å². The molecule has 2 aliphatic rings. The molecule has 1 saturated heterocycles. The van der Waals surface area contributed by atoms with E-state index in [2.05, 4.69) is 24.1 Å². The molecule has 6 nitrogen and oxygen atoms in total. The van der Waals surface area contributed by atoms with Crippen LogP contribution in [0.3, 0.4) is 0 Å². The Morgan fingerprint density at radius 3 is 2.70 bits per heavy atom. The molecule has 1 fully saturated rings. The third-order valence-electron chi connectivity index (χ3n) is 6.61. The van der Waals surface area contributed by atoms with Crippen molar-refractivity contribution in [2.24, 2.45) is 0 Å². The van der Waals surface area contributed by atoms with Crippen LogP contribution in [0.1, 0.15) is 77.0 Å². The van der Waals surface area contributed by atoms with Crippen LogP contribution in [0.2, 0.25) is 0 Å². The van der Waals surface area contributed by atoms with Crippen molar-refractivity contribution >= 4 is 11.6 Å². The van der Waals surface area contributed by atoms with Crippen LogP contribution in [0, 0.1) is 5.82 Å². The van der Waals surface area contributed by atoms with Gasteiger partial charge in [0.2, 0.25) is 0 Å². The number of nitrogens with one attached hydrogen (secondary N) is 1. The number of ether oxygens (including phenoxy) is 2. The minimum atomic E-state index is -0.418. The first kappa shape index (κ1) is 23.5. The topological polar surface area (TPSA) is 63.7 Å². The highest BCUT2D eigenvalue weighted by Crippen LogP contribution is 2.46. The molecule has 3 heterocycles. The third-order valence-corrected chi connectivity index (χ3v) is 6.61. The normalized spacial score (nSPS) is 20.3. The summed E-state index contributed by atoms with van der Waals surface area (Å²) in [6.07, 6.45) is 4.57. The van der Waals surface area contributed by atoms with E-state index >= 15 is 0 Å². The summed E-state index contributed by atoms with van der Waals surface area (Å²) in [6, 6.07) is 8.68. The Hall–Kier alpha value is -2.67. The number of carbonyl (C=O) groups excluding carboxylic acids is 1. The molecule has 1 spiro atoms. The van der Waals surface area contributed by atoms with Crippen LogP contribution < -0.4 is 10.1 Å². The van der Waals surface area contributed by atoms with Crippen LogP contribution in [0.15, 0.2) is 36.5 Å². The quantitative estimate of drug-likeness (QED) is 0.612. The van der Waals surface area contributed by atoms with Crippen molar-refractivity contribution in [3.63, 3.8) is 0 Å². The van der Waals surface area contributed by atoms with Gasteiger partial charge in [-0.15, -0.1) is 0 Å². The molecule has 33 heavy (non-hydrogen) atoms. The van der Waals surface area contributed by atoms with Gasteiger partial charge in [0.1, 0.15) is 22.9 Å². The number of piperidine rings is 1. The zero-order valence-electron chi connectivity index (χ0n) is 19.9. The molecule has 0 radical (unpaired) electrons. The molecule has 180 valence electrons. The van der Waals surface area contributed by atoms with Crippen LogP contribution in [-0.4, -0.2) is 46.6 Å². The van der Waals surface area contributed by atoms with Gasteiger partial charge in [0.05, 0.1) is 24.1 Å². The van der Waals surface area contributed by atoms with Gasteiger partial charge >= 0.3 is 0 Å². The van der Waals surface area contributed by atoms with Gasteiger partial charge in [0, 0.05) is 45.4 Å². The number of pyridine rings is 1. The zero-order chi connectivity index (χ0) is 23.6. The molecular weight excluding hydrogens is 421 g/mol. The van der Waals surface area contributed by atoms with Gasteiger partial charge in [-0.3, -0.25) is 4.79 Å². The second kappa shape index (κ2) is 9.67. The number of fused-ring (bicyclic) bond motifs is 1. The van der Waals surface area contributed by atoms with Crippen LogP contribution in [0.5, 0.6) is 5.75 Å². The highest BCUT2D eigenvalue weighted by molar-refractivity contribution is 5.92. The Morgan fingerprint density at radius 1 is 1.30 bits per heavy atom. The number of hydrogen-bond acceptors (Lipinski definition) is 5. The molecule has 0 unspecified atom stereocenters. The van der Waals surface area contributed by atoms with E-state index in [4.69, 9.17) is 9.47 Å². The number of nitrogens with zero attached hydrogens (tertiary/aromatic N) is 2. The van der Waals surface area contributed by atoms with E-state index < -0.39 is 5.60 Å². The number of carbonyl (C=O) groups is 1. The molecule has 1 aromatic heterocycles. The minimum absolute atomic E-state index is 0. The number of anilines is 1. The lowest BCUT2D eigenvalue weighted by Gasteiger charge is -2.47. The monoisotopic (exact) mass is 457 g/mol. The van der Waals surface area contributed by atoms with Gasteiger partial charge < -0.3 is 19.7 Å². The second-order valence-electron chi connectivity index (χ2n) is 9.52. The first-order chi connectivity index (χ1) is 15.8. The number of likely N-dealkylation sites (tertiary alicyclic amines) is 1. The summed E-state index contributed by atoms with van der Waals surface area (Å²) >= 11 is 0. The van der Waals surface area contributed by atoms with Crippen molar-refractivity contribution < 1.29 is 20.1 Å². The first-order valence-corrected chi connectivity index (χ1v) is 11.9. The molecule has 2 atom stereocenters. The van der Waals surface area contributed by atoms with Crippen LogP contribution >= 0.6 is 0 Å². The fraction of sp³-hybridized carbons (Fsp3) is 0.538. The van der Waals surface area contributed by atoms with E-state index in [1.807, 2.05) is 24.8 Å². The van der Waals surface area contributed by atoms with Crippen LogP contribution in [-0.2, 0) is 4.74 Å². The molecule has 1 aromatic carbocycles. The highest BCUT2D eigenvalue weighted by Gasteiger charge is 2.45. The van der Waals surface area contributed by atoms with Gasteiger partial charge in [-0.1, -0.05) is 6.92 Å². The van der Waals surface area contributed by atoms with Crippen molar-refractivity contribution in [1.29, 1.82) is 0 Å². The summed E-state index contributed by atoms with van der Waals surface area (Å²) in [5, 5.41) is 3.37. The number of benzene rings is 1. The largest absolute Gasteiger partial charge is 0.487 e. The molecule has 0 bridgehead atoms. The molecule has 7 heteroatoms. The summed E-state index contributed by atoms with van der Waals surface area (Å²) in [7, 11) is 0. The van der Waals surface area contributed by atoms with E-state index in [-0.39, 0.29) is 25.4 Å². The average molecular weight is 458 g/mol. The van der Waals surface area contributed by atoms with E-state index in [1.165, 1.54) is 12.1 Å². The van der Waals surface area contributed by atoms with E-state index in [0.29, 0.717) is 49.8 Å². The fourth-order valence-electron chi connectivity index (χ4n) is 4.61. The number of rotatable bonds is 6. The predicted octanol–water partition coefficient (Wildman–Crippen LogP) is 5.60. The minimum Gasteiger partial charge on any atom is -0.487 e. The van der Waals surface area contributed by atoms with Gasteiger partial charge in [0.15, 0.2) is 0 Å². The predicted molar refractivity (Wildman–Crippen MR) is 128 cm³/mol. The third kappa shape index (κ3) is 5.29. The van der Waals surface area contributed by atoms with Crippen molar-refractivity contribution in [3.05, 3.63) is 53.6 Å². The molecule has 2 aromatic rings. The van der Waals surface area contributed by atoms with E-state index in [0.717, 1.165) is 17.7 Å². The summed E-state index contributed by atoms with van der Waals surface area (Å²) in [5.74, 6) is 0.330. The maximum atomic E-state index is 13.9. The summed E-state index contributed by atoms with van der Waals surface area (Å²) in [6.45, 7) is 9.37. The number of halogens is 1. The van der Waals surface area contributed by atoms with E-state index in [1.54, 1.807) is 18.3 Å². The second-order valence-corrected chi connectivity index (χ2v) is 9.52. The molecular formula is C26H36FN3O3. The fourth-order valence-corrected chi connectivity index (χ4v) is 4.61. The molecule has 0 aliphatic carbocycles. The molecule has 4 rings (SSSR count). The Balaban J connectivity index is 0.00000324. The smallest absolute Gasteiger partial charge is 0.272 e. The maximum absolute atomic E-state index is 13.9. The van der Waals surface area contributed by atoms with Crippen molar-refractivity contribution in [2.45, 2.75) is 77.2 Å². The maximum Gasteiger partial charge on any atom is 0.272 e. The summed E-state index contributed by atoms with van der Waals surface area (Å²) in [5.41, 5.74) is 1.72. The lowest BCUT2D eigenvalue weighted by atomic mass is 9.81. The van der Waals surface area contributed by atoms with E-state index in [9.17, 15) is 9.18 Å². The summed E-state index contributed by atoms with van der Waals surface area (Å²) < 4.78 is 26.4. The lowest BCUT2D eigenvalue weighted by Crippen LogP contribution is -2.52. The van der Waals surface area contributed by atoms with Crippen molar-refractivity contribution in [1.82, 2.24) is 9.88 Å². The Bertz CT molecular complexity index is 978. The molecule has 0 saturated carbocycles. The first-order valence-electron chi connectivity index (χ1n) is 11.9. The number of amides is 1. The Kier molecular flexibility index (Phi) is 6.88. The number of hydrogen-bond donors (Lipinski definition) is 1. The van der Waals surface area contributed by atoms with Gasteiger partial charge in [-0.2, -0.15) is 0 Å². The van der Waals surface area contributed by atoms with Crippen molar-refractivity contribution in [3.8, 4) is 5.75 Å². The molecule has 1 N–H and O–H groups in total.